The molecule has 1 aromatic carbocycles. The average Bonchev–Trinajstić information content (AvgIpc) is 2.03. The fraction of sp³-hybridized carbons (Fsp3) is 0.125. The second-order valence-electron chi connectivity index (χ2n) is 2.12. The third-order valence-corrected chi connectivity index (χ3v) is 1.35. The van der Waals surface area contributed by atoms with Crippen LogP contribution in [-0.4, -0.2) is 0 Å². The quantitative estimate of drug-likeness (QED) is 0.571. The fourth-order valence-corrected chi connectivity index (χ4v) is 0.763. The lowest BCUT2D eigenvalue weighted by atomic mass is 10.2. The smallest absolute Gasteiger partial charge is 0.238 e. The van der Waals surface area contributed by atoms with Crippen molar-refractivity contribution in [2.24, 2.45) is 0 Å². The lowest BCUT2D eigenvalue weighted by Crippen LogP contribution is -1.88. The summed E-state index contributed by atoms with van der Waals surface area (Å²) >= 11 is 0. The van der Waals surface area contributed by atoms with Crippen LogP contribution < -0.4 is 0 Å². The molecule has 0 aliphatic heterocycles. The van der Waals surface area contributed by atoms with E-state index < -0.39 is 17.8 Å². The van der Waals surface area contributed by atoms with Gasteiger partial charge in [-0.05, 0) is 6.07 Å². The van der Waals surface area contributed by atoms with Crippen molar-refractivity contribution < 1.29 is 13.2 Å². The summed E-state index contributed by atoms with van der Waals surface area (Å²) in [4.78, 5) is 2.90. The van der Waals surface area contributed by atoms with Crippen molar-refractivity contribution >= 4 is 5.69 Å². The van der Waals surface area contributed by atoms with E-state index in [9.17, 15) is 13.2 Å². The molecule has 0 aliphatic carbocycles. The Morgan fingerprint density at radius 2 is 2.00 bits per heavy atom. The highest BCUT2D eigenvalue weighted by Gasteiger charge is 2.12. The van der Waals surface area contributed by atoms with Gasteiger partial charge in [-0.3, -0.25) is 0 Å². The van der Waals surface area contributed by atoms with Gasteiger partial charge in [-0.1, -0.05) is 12.1 Å². The second-order valence-corrected chi connectivity index (χ2v) is 2.12. The molecule has 0 saturated carbocycles. The number of nitrogens with zero attached hydrogens (tertiary/aromatic N) is 1. The molecule has 1 nitrogen and oxygen atoms in total. The SMILES string of the molecule is [C-]#[N+]c1ccc(C(F)F)c(F)c1. The first-order chi connectivity index (χ1) is 5.65. The van der Waals surface area contributed by atoms with E-state index >= 15 is 0 Å². The van der Waals surface area contributed by atoms with Gasteiger partial charge in [0.1, 0.15) is 5.82 Å². The number of benzene rings is 1. The molecule has 0 bridgehead atoms. The summed E-state index contributed by atoms with van der Waals surface area (Å²) < 4.78 is 36.6. The van der Waals surface area contributed by atoms with Gasteiger partial charge in [-0.15, -0.1) is 0 Å². The standard InChI is InChI=1S/C8H4F3N/c1-12-5-2-3-6(8(10)11)7(9)4-5/h2-4,8H. The molecule has 0 saturated heterocycles. The molecule has 62 valence electrons. The molecular weight excluding hydrogens is 167 g/mol. The van der Waals surface area contributed by atoms with Gasteiger partial charge in [0.05, 0.1) is 12.1 Å². The molecule has 0 atom stereocenters. The van der Waals surface area contributed by atoms with Crippen LogP contribution in [0.25, 0.3) is 4.85 Å². The summed E-state index contributed by atoms with van der Waals surface area (Å²) in [5.74, 6) is -1.03. The van der Waals surface area contributed by atoms with E-state index in [1.54, 1.807) is 0 Å². The van der Waals surface area contributed by atoms with Gasteiger partial charge < -0.3 is 0 Å². The van der Waals surface area contributed by atoms with Gasteiger partial charge in [0, 0.05) is 0 Å². The van der Waals surface area contributed by atoms with E-state index in [0.29, 0.717) is 0 Å². The number of rotatable bonds is 1. The highest BCUT2D eigenvalue weighted by Crippen LogP contribution is 2.25. The molecule has 1 aromatic rings. The molecule has 0 aromatic heterocycles. The first-order valence-corrected chi connectivity index (χ1v) is 3.10. The Kier molecular flexibility index (Phi) is 2.34. The van der Waals surface area contributed by atoms with Gasteiger partial charge in [-0.2, -0.15) is 0 Å². The largest absolute Gasteiger partial charge is 0.266 e. The second kappa shape index (κ2) is 3.26. The van der Waals surface area contributed by atoms with Crippen LogP contribution >= 0.6 is 0 Å². The molecule has 4 heteroatoms. The van der Waals surface area contributed by atoms with E-state index in [4.69, 9.17) is 6.57 Å². The summed E-state index contributed by atoms with van der Waals surface area (Å²) in [6.07, 6.45) is -2.83. The molecule has 0 amide bonds. The number of hydrogen-bond acceptors (Lipinski definition) is 0. The molecule has 0 fully saturated rings. The van der Waals surface area contributed by atoms with E-state index in [0.717, 1.165) is 18.2 Å². The number of halogens is 3. The Morgan fingerprint density at radius 1 is 1.33 bits per heavy atom. The highest BCUT2D eigenvalue weighted by atomic mass is 19.3. The van der Waals surface area contributed by atoms with Crippen molar-refractivity contribution in [2.45, 2.75) is 6.43 Å². The van der Waals surface area contributed by atoms with Gasteiger partial charge >= 0.3 is 0 Å². The molecule has 0 aliphatic rings. The first-order valence-electron chi connectivity index (χ1n) is 3.10. The predicted octanol–water partition coefficient (Wildman–Crippen LogP) is 3.31. The van der Waals surface area contributed by atoms with Crippen molar-refractivity contribution in [1.29, 1.82) is 0 Å². The zero-order valence-corrected chi connectivity index (χ0v) is 5.89. The first kappa shape index (κ1) is 8.60. The fourth-order valence-electron chi connectivity index (χ4n) is 0.763. The normalized spacial score (nSPS) is 9.92. The van der Waals surface area contributed by atoms with Gasteiger partial charge in [0.25, 0.3) is 6.43 Å². The summed E-state index contributed by atoms with van der Waals surface area (Å²) in [7, 11) is 0. The van der Waals surface area contributed by atoms with Gasteiger partial charge in [0.15, 0.2) is 5.69 Å². The van der Waals surface area contributed by atoms with Gasteiger partial charge in [0.2, 0.25) is 0 Å². The molecule has 0 radical (unpaired) electrons. The third-order valence-electron chi connectivity index (χ3n) is 1.35. The molecule has 0 N–H and O–H groups in total. The molecule has 1 rings (SSSR count). The van der Waals surface area contributed by atoms with Crippen LogP contribution in [0.5, 0.6) is 0 Å². The Labute approximate surface area is 67.3 Å². The van der Waals surface area contributed by atoms with Crippen LogP contribution in [0.4, 0.5) is 18.9 Å². The van der Waals surface area contributed by atoms with Crippen LogP contribution in [0.1, 0.15) is 12.0 Å². The van der Waals surface area contributed by atoms with Crippen LogP contribution in [0.15, 0.2) is 18.2 Å². The lowest BCUT2D eigenvalue weighted by molar-refractivity contribution is 0.146. The van der Waals surface area contributed by atoms with Crippen molar-refractivity contribution in [3.63, 3.8) is 0 Å². The predicted molar refractivity (Wildman–Crippen MR) is 37.6 cm³/mol. The van der Waals surface area contributed by atoms with E-state index in [1.165, 1.54) is 0 Å². The van der Waals surface area contributed by atoms with Crippen LogP contribution in [-0.2, 0) is 0 Å². The summed E-state index contributed by atoms with van der Waals surface area (Å²) in [6.45, 7) is 6.49. The maximum atomic E-state index is 12.7. The molecule has 0 unspecified atom stereocenters. The Hall–Kier alpha value is -1.50. The van der Waals surface area contributed by atoms with Crippen LogP contribution in [0.3, 0.4) is 0 Å². The van der Waals surface area contributed by atoms with E-state index in [1.807, 2.05) is 0 Å². The molecule has 0 spiro atoms. The Bertz CT molecular complexity index is 328. The summed E-state index contributed by atoms with van der Waals surface area (Å²) in [6, 6.07) is 2.89. The lowest BCUT2D eigenvalue weighted by Gasteiger charge is -2.00. The Morgan fingerprint density at radius 3 is 2.42 bits per heavy atom. The minimum absolute atomic E-state index is 0.0249. The van der Waals surface area contributed by atoms with Crippen molar-refractivity contribution in [2.75, 3.05) is 0 Å². The topological polar surface area (TPSA) is 4.36 Å². The van der Waals surface area contributed by atoms with E-state index in [2.05, 4.69) is 4.85 Å². The van der Waals surface area contributed by atoms with Crippen molar-refractivity contribution in [3.8, 4) is 0 Å². The number of alkyl halides is 2. The maximum Gasteiger partial charge on any atom is 0.266 e. The minimum Gasteiger partial charge on any atom is -0.238 e. The van der Waals surface area contributed by atoms with Crippen LogP contribution in [0.2, 0.25) is 0 Å². The average molecular weight is 171 g/mol. The third kappa shape index (κ3) is 1.56. The van der Waals surface area contributed by atoms with Gasteiger partial charge in [-0.25, -0.2) is 18.0 Å². The minimum atomic E-state index is -2.83. The van der Waals surface area contributed by atoms with E-state index in [-0.39, 0.29) is 5.69 Å². The zero-order valence-electron chi connectivity index (χ0n) is 5.89. The molecular formula is C8H4F3N. The summed E-state index contributed by atoms with van der Waals surface area (Å²) in [5.41, 5.74) is -0.640. The summed E-state index contributed by atoms with van der Waals surface area (Å²) in [5, 5.41) is 0. The monoisotopic (exact) mass is 171 g/mol. The highest BCUT2D eigenvalue weighted by molar-refractivity contribution is 5.46. The van der Waals surface area contributed by atoms with Crippen LogP contribution in [0, 0.1) is 12.4 Å². The zero-order chi connectivity index (χ0) is 9.14. The van der Waals surface area contributed by atoms with Crippen molar-refractivity contribution in [1.82, 2.24) is 0 Å². The Balaban J connectivity index is 3.14. The number of hydrogen-bond donors (Lipinski definition) is 0. The van der Waals surface area contributed by atoms with Crippen molar-refractivity contribution in [3.05, 3.63) is 41.0 Å². The maximum absolute atomic E-state index is 12.7. The molecule has 12 heavy (non-hydrogen) atoms. The molecule has 0 heterocycles.